The Kier molecular flexibility index (Phi) is 3.66. The fourth-order valence-electron chi connectivity index (χ4n) is 1.67. The highest BCUT2D eigenvalue weighted by atomic mass is 16.5. The minimum atomic E-state index is -0.140. The van der Waals surface area contributed by atoms with E-state index in [9.17, 15) is 0 Å². The number of H-pyrrole nitrogens is 1. The van der Waals surface area contributed by atoms with Crippen molar-refractivity contribution in [1.82, 2.24) is 25.5 Å². The average Bonchev–Trinajstić information content (AvgIpc) is 2.89. The highest BCUT2D eigenvalue weighted by Crippen LogP contribution is 2.25. The molecule has 6 heteroatoms. The quantitative estimate of drug-likeness (QED) is 0.802. The molecule has 0 radical (unpaired) electrons. The summed E-state index contributed by atoms with van der Waals surface area (Å²) < 4.78 is 5.31. The Morgan fingerprint density at radius 3 is 3.00 bits per heavy atom. The maximum atomic E-state index is 5.31. The van der Waals surface area contributed by atoms with Gasteiger partial charge in [0, 0.05) is 6.20 Å². The normalized spacial score (nSPS) is 12.4. The summed E-state index contributed by atoms with van der Waals surface area (Å²) >= 11 is 0. The van der Waals surface area contributed by atoms with Gasteiger partial charge in [-0.25, -0.2) is 4.98 Å². The molecule has 2 aromatic heterocycles. The minimum Gasteiger partial charge on any atom is -0.495 e. The summed E-state index contributed by atoms with van der Waals surface area (Å²) in [7, 11) is 1.63. The van der Waals surface area contributed by atoms with E-state index in [2.05, 4.69) is 25.5 Å². The van der Waals surface area contributed by atoms with E-state index in [-0.39, 0.29) is 6.04 Å². The Labute approximate surface area is 99.4 Å². The van der Waals surface area contributed by atoms with Crippen LogP contribution in [0.25, 0.3) is 0 Å². The van der Waals surface area contributed by atoms with E-state index in [4.69, 9.17) is 4.74 Å². The van der Waals surface area contributed by atoms with Gasteiger partial charge in [-0.3, -0.25) is 10.1 Å². The van der Waals surface area contributed by atoms with Crippen molar-refractivity contribution in [3.63, 3.8) is 0 Å². The fraction of sp³-hybridized carbons (Fsp3) is 0.364. The number of methoxy groups -OCH3 is 1. The Balaban J connectivity index is 2.39. The maximum absolute atomic E-state index is 5.31. The molecule has 2 heterocycles. The van der Waals surface area contributed by atoms with Crippen molar-refractivity contribution < 1.29 is 4.74 Å². The molecular weight excluding hydrogens is 218 g/mol. The summed E-state index contributed by atoms with van der Waals surface area (Å²) in [6, 6.07) is 3.58. The lowest BCUT2D eigenvalue weighted by Crippen LogP contribution is -2.24. The second-order valence-corrected chi connectivity index (χ2v) is 3.45. The molecule has 0 fully saturated rings. The van der Waals surface area contributed by atoms with Crippen LogP contribution >= 0.6 is 0 Å². The number of hydrogen-bond acceptors (Lipinski definition) is 5. The van der Waals surface area contributed by atoms with Crippen molar-refractivity contribution in [2.75, 3.05) is 13.7 Å². The van der Waals surface area contributed by atoms with Gasteiger partial charge in [-0.05, 0) is 18.7 Å². The van der Waals surface area contributed by atoms with E-state index in [0.29, 0.717) is 0 Å². The van der Waals surface area contributed by atoms with Crippen LogP contribution in [-0.4, -0.2) is 33.8 Å². The fourth-order valence-corrected chi connectivity index (χ4v) is 1.67. The molecule has 2 N–H and O–H groups in total. The molecular formula is C11H15N5O. The van der Waals surface area contributed by atoms with Gasteiger partial charge < -0.3 is 10.1 Å². The van der Waals surface area contributed by atoms with Gasteiger partial charge in [0.05, 0.1) is 7.11 Å². The Morgan fingerprint density at radius 2 is 2.35 bits per heavy atom. The van der Waals surface area contributed by atoms with Crippen LogP contribution in [0.2, 0.25) is 0 Å². The lowest BCUT2D eigenvalue weighted by molar-refractivity contribution is 0.399. The summed E-state index contributed by atoms with van der Waals surface area (Å²) in [5.41, 5.74) is 0.800. The van der Waals surface area contributed by atoms with Gasteiger partial charge in [0.2, 0.25) is 0 Å². The number of aromatic amines is 1. The Bertz CT molecular complexity index is 457. The minimum absolute atomic E-state index is 0.140. The summed E-state index contributed by atoms with van der Waals surface area (Å²) in [5.74, 6) is 1.46. The largest absolute Gasteiger partial charge is 0.495 e. The molecule has 2 aromatic rings. The van der Waals surface area contributed by atoms with Crippen LogP contribution in [0.5, 0.6) is 5.75 Å². The number of aromatic nitrogens is 4. The van der Waals surface area contributed by atoms with Crippen molar-refractivity contribution in [1.29, 1.82) is 0 Å². The summed E-state index contributed by atoms with van der Waals surface area (Å²) in [6.07, 6.45) is 3.22. The van der Waals surface area contributed by atoms with Crippen molar-refractivity contribution >= 4 is 0 Å². The molecule has 0 aliphatic rings. The number of ether oxygens (including phenoxy) is 1. The molecule has 90 valence electrons. The molecule has 0 aliphatic heterocycles. The third-order valence-corrected chi connectivity index (χ3v) is 2.41. The van der Waals surface area contributed by atoms with Crippen LogP contribution < -0.4 is 10.1 Å². The van der Waals surface area contributed by atoms with E-state index in [0.717, 1.165) is 23.8 Å². The van der Waals surface area contributed by atoms with Gasteiger partial charge >= 0.3 is 0 Å². The number of rotatable bonds is 5. The molecule has 0 aliphatic carbocycles. The molecule has 2 rings (SSSR count). The van der Waals surface area contributed by atoms with Gasteiger partial charge in [-0.2, -0.15) is 5.10 Å². The van der Waals surface area contributed by atoms with Crippen LogP contribution in [0.15, 0.2) is 24.7 Å². The highest BCUT2D eigenvalue weighted by Gasteiger charge is 2.20. The van der Waals surface area contributed by atoms with Crippen molar-refractivity contribution in [2.45, 2.75) is 13.0 Å². The Morgan fingerprint density at radius 1 is 1.47 bits per heavy atom. The van der Waals surface area contributed by atoms with Crippen molar-refractivity contribution in [2.24, 2.45) is 0 Å². The first-order valence-electron chi connectivity index (χ1n) is 5.44. The third kappa shape index (κ3) is 2.42. The van der Waals surface area contributed by atoms with Crippen LogP contribution in [0.3, 0.4) is 0 Å². The third-order valence-electron chi connectivity index (χ3n) is 2.41. The smallest absolute Gasteiger partial charge is 0.147 e. The van der Waals surface area contributed by atoms with E-state index in [1.54, 1.807) is 13.3 Å². The van der Waals surface area contributed by atoms with Gasteiger partial charge in [-0.1, -0.05) is 6.92 Å². The Hall–Kier alpha value is -1.95. The molecule has 0 saturated heterocycles. The van der Waals surface area contributed by atoms with E-state index in [1.807, 2.05) is 19.1 Å². The first kappa shape index (κ1) is 11.5. The first-order chi connectivity index (χ1) is 8.36. The molecule has 1 atom stereocenters. The SMILES string of the molecule is CCNC(c1ncn[nH]1)c1ncccc1OC. The first-order valence-corrected chi connectivity index (χ1v) is 5.44. The standard InChI is InChI=1S/C11H15N5O/c1-3-12-10(11-14-7-15-16-11)9-8(17-2)5-4-6-13-9/h4-7,10,12H,3H2,1-2H3,(H,14,15,16). The van der Waals surface area contributed by atoms with Crippen molar-refractivity contribution in [3.05, 3.63) is 36.2 Å². The predicted octanol–water partition coefficient (Wildman–Crippen LogP) is 0.907. The van der Waals surface area contributed by atoms with E-state index >= 15 is 0 Å². The van der Waals surface area contributed by atoms with Gasteiger partial charge in [0.15, 0.2) is 0 Å². The molecule has 0 amide bonds. The zero-order valence-electron chi connectivity index (χ0n) is 9.84. The molecule has 17 heavy (non-hydrogen) atoms. The molecule has 0 bridgehead atoms. The molecule has 0 saturated carbocycles. The monoisotopic (exact) mass is 233 g/mol. The zero-order valence-corrected chi connectivity index (χ0v) is 9.84. The predicted molar refractivity (Wildman–Crippen MR) is 62.7 cm³/mol. The second kappa shape index (κ2) is 5.40. The number of hydrogen-bond donors (Lipinski definition) is 2. The number of nitrogens with zero attached hydrogens (tertiary/aromatic N) is 3. The van der Waals surface area contributed by atoms with Gasteiger partial charge in [0.25, 0.3) is 0 Å². The van der Waals surface area contributed by atoms with Gasteiger partial charge in [-0.15, -0.1) is 0 Å². The molecule has 1 unspecified atom stereocenters. The zero-order chi connectivity index (χ0) is 12.1. The number of nitrogens with one attached hydrogen (secondary N) is 2. The van der Waals surface area contributed by atoms with E-state index < -0.39 is 0 Å². The lowest BCUT2D eigenvalue weighted by Gasteiger charge is -2.16. The summed E-state index contributed by atoms with van der Waals surface area (Å²) in [5, 5.41) is 10.0. The van der Waals surface area contributed by atoms with Crippen LogP contribution in [-0.2, 0) is 0 Å². The van der Waals surface area contributed by atoms with Crippen LogP contribution in [0.4, 0.5) is 0 Å². The van der Waals surface area contributed by atoms with Crippen molar-refractivity contribution in [3.8, 4) is 5.75 Å². The number of pyridine rings is 1. The molecule has 6 nitrogen and oxygen atoms in total. The molecule has 0 spiro atoms. The molecule has 0 aromatic carbocycles. The van der Waals surface area contributed by atoms with Crippen LogP contribution in [0.1, 0.15) is 24.5 Å². The topological polar surface area (TPSA) is 75.7 Å². The van der Waals surface area contributed by atoms with E-state index in [1.165, 1.54) is 6.33 Å². The summed E-state index contributed by atoms with van der Waals surface area (Å²) in [6.45, 7) is 2.82. The lowest BCUT2D eigenvalue weighted by atomic mass is 10.1. The maximum Gasteiger partial charge on any atom is 0.147 e. The average molecular weight is 233 g/mol. The summed E-state index contributed by atoms with van der Waals surface area (Å²) in [4.78, 5) is 8.51. The van der Waals surface area contributed by atoms with Gasteiger partial charge in [0.1, 0.15) is 29.6 Å². The van der Waals surface area contributed by atoms with Crippen LogP contribution in [0, 0.1) is 0 Å². The second-order valence-electron chi connectivity index (χ2n) is 3.45. The highest BCUT2D eigenvalue weighted by molar-refractivity contribution is 5.32.